The lowest BCUT2D eigenvalue weighted by molar-refractivity contribution is 0.101. The first-order valence-corrected chi connectivity index (χ1v) is 5.91. The Morgan fingerprint density at radius 3 is 2.67 bits per heavy atom. The van der Waals surface area contributed by atoms with Crippen LogP contribution in [-0.2, 0) is 7.05 Å². The molecule has 0 unspecified atom stereocenters. The molecule has 1 N–H and O–H groups in total. The zero-order valence-corrected chi connectivity index (χ0v) is 11.2. The molecular weight excluding hydrogens is 250 g/mol. The summed E-state index contributed by atoms with van der Waals surface area (Å²) in [5.74, 6) is -0.219. The third-order valence-corrected chi connectivity index (χ3v) is 3.02. The number of rotatable bonds is 2. The smallest absolute Gasteiger partial charge is 0.273 e. The molecule has 2 rings (SSSR count). The standard InChI is InChI=1S/C13H14ClN3O/c1-8-4-9(2)12(10(14)5-8)16-13(18)11-6-15-7-17(11)3/h4-7H,1-3H3,(H,16,18). The van der Waals surface area contributed by atoms with Gasteiger partial charge in [0, 0.05) is 7.05 Å². The molecule has 0 aliphatic rings. The van der Waals surface area contributed by atoms with E-state index < -0.39 is 0 Å². The highest BCUT2D eigenvalue weighted by atomic mass is 35.5. The quantitative estimate of drug-likeness (QED) is 0.906. The molecule has 0 atom stereocenters. The van der Waals surface area contributed by atoms with Crippen molar-refractivity contribution in [3.63, 3.8) is 0 Å². The molecule has 0 fully saturated rings. The number of aromatic nitrogens is 2. The van der Waals surface area contributed by atoms with Gasteiger partial charge in [-0.15, -0.1) is 0 Å². The first-order chi connectivity index (χ1) is 8.49. The molecule has 0 bridgehead atoms. The number of carbonyl (C=O) groups excluding carboxylic acids is 1. The highest BCUT2D eigenvalue weighted by Gasteiger charge is 2.13. The van der Waals surface area contributed by atoms with Crippen molar-refractivity contribution >= 4 is 23.2 Å². The van der Waals surface area contributed by atoms with Gasteiger partial charge in [0.15, 0.2) is 0 Å². The van der Waals surface area contributed by atoms with Crippen LogP contribution in [-0.4, -0.2) is 15.5 Å². The maximum absolute atomic E-state index is 12.1. The van der Waals surface area contributed by atoms with Gasteiger partial charge in [0.2, 0.25) is 0 Å². The van der Waals surface area contributed by atoms with Crippen LogP contribution in [0.2, 0.25) is 5.02 Å². The van der Waals surface area contributed by atoms with Crippen molar-refractivity contribution in [1.29, 1.82) is 0 Å². The minimum absolute atomic E-state index is 0.219. The number of nitrogens with one attached hydrogen (secondary N) is 1. The van der Waals surface area contributed by atoms with E-state index in [9.17, 15) is 4.79 Å². The Morgan fingerprint density at radius 1 is 1.39 bits per heavy atom. The summed E-state index contributed by atoms with van der Waals surface area (Å²) in [6.45, 7) is 3.88. The minimum atomic E-state index is -0.219. The van der Waals surface area contributed by atoms with Gasteiger partial charge in [-0.2, -0.15) is 0 Å². The molecule has 0 saturated carbocycles. The Bertz CT molecular complexity index is 581. The maximum atomic E-state index is 12.1. The molecule has 0 spiro atoms. The van der Waals surface area contributed by atoms with Crippen molar-refractivity contribution in [3.05, 3.63) is 46.5 Å². The van der Waals surface area contributed by atoms with Crippen molar-refractivity contribution in [3.8, 4) is 0 Å². The van der Waals surface area contributed by atoms with E-state index in [-0.39, 0.29) is 5.91 Å². The molecule has 1 heterocycles. The first kappa shape index (κ1) is 12.6. The fourth-order valence-electron chi connectivity index (χ4n) is 1.83. The van der Waals surface area contributed by atoms with Gasteiger partial charge in [-0.25, -0.2) is 4.98 Å². The largest absolute Gasteiger partial charge is 0.330 e. The summed E-state index contributed by atoms with van der Waals surface area (Å²) in [6, 6.07) is 3.80. The number of carbonyl (C=O) groups is 1. The number of amides is 1. The lowest BCUT2D eigenvalue weighted by Crippen LogP contribution is -2.16. The Labute approximate surface area is 111 Å². The van der Waals surface area contributed by atoms with Crippen LogP contribution in [0.5, 0.6) is 0 Å². The van der Waals surface area contributed by atoms with Gasteiger partial charge in [-0.1, -0.05) is 17.7 Å². The van der Waals surface area contributed by atoms with E-state index in [0.717, 1.165) is 11.1 Å². The number of aryl methyl sites for hydroxylation is 3. The van der Waals surface area contributed by atoms with Crippen molar-refractivity contribution in [1.82, 2.24) is 9.55 Å². The molecule has 4 nitrogen and oxygen atoms in total. The minimum Gasteiger partial charge on any atom is -0.330 e. The number of halogens is 1. The van der Waals surface area contributed by atoms with Gasteiger partial charge in [-0.3, -0.25) is 4.79 Å². The molecule has 1 amide bonds. The van der Waals surface area contributed by atoms with E-state index in [1.807, 2.05) is 26.0 Å². The highest BCUT2D eigenvalue weighted by molar-refractivity contribution is 6.34. The summed E-state index contributed by atoms with van der Waals surface area (Å²) in [4.78, 5) is 16.0. The van der Waals surface area contributed by atoms with Gasteiger partial charge in [0.1, 0.15) is 5.69 Å². The molecule has 0 radical (unpaired) electrons. The van der Waals surface area contributed by atoms with E-state index in [4.69, 9.17) is 11.6 Å². The average molecular weight is 264 g/mol. The summed E-state index contributed by atoms with van der Waals surface area (Å²) in [5.41, 5.74) is 3.14. The Kier molecular flexibility index (Phi) is 3.39. The van der Waals surface area contributed by atoms with E-state index in [2.05, 4.69) is 10.3 Å². The number of benzene rings is 1. The van der Waals surface area contributed by atoms with E-state index >= 15 is 0 Å². The van der Waals surface area contributed by atoms with Crippen LogP contribution in [0.3, 0.4) is 0 Å². The van der Waals surface area contributed by atoms with Crippen LogP contribution in [0.4, 0.5) is 5.69 Å². The number of imidazole rings is 1. The molecule has 0 saturated heterocycles. The van der Waals surface area contributed by atoms with Gasteiger partial charge >= 0.3 is 0 Å². The maximum Gasteiger partial charge on any atom is 0.273 e. The monoisotopic (exact) mass is 263 g/mol. The molecule has 0 aliphatic carbocycles. The van der Waals surface area contributed by atoms with Crippen molar-refractivity contribution < 1.29 is 4.79 Å². The molecule has 1 aromatic heterocycles. The second-order valence-electron chi connectivity index (χ2n) is 4.28. The molecule has 1 aromatic carbocycles. The fourth-order valence-corrected chi connectivity index (χ4v) is 2.20. The number of anilines is 1. The lowest BCUT2D eigenvalue weighted by atomic mass is 10.1. The molecule has 0 aliphatic heterocycles. The number of hydrogen-bond donors (Lipinski definition) is 1. The Morgan fingerprint density at radius 2 is 2.11 bits per heavy atom. The fraction of sp³-hybridized carbons (Fsp3) is 0.231. The topological polar surface area (TPSA) is 46.9 Å². The predicted molar refractivity (Wildman–Crippen MR) is 72.1 cm³/mol. The third-order valence-electron chi connectivity index (χ3n) is 2.72. The van der Waals surface area contributed by atoms with Gasteiger partial charge in [0.25, 0.3) is 5.91 Å². The molecule has 94 valence electrons. The third kappa shape index (κ3) is 2.38. The van der Waals surface area contributed by atoms with Gasteiger partial charge in [-0.05, 0) is 31.0 Å². The summed E-state index contributed by atoms with van der Waals surface area (Å²) >= 11 is 6.14. The van der Waals surface area contributed by atoms with Crippen molar-refractivity contribution in [2.24, 2.45) is 7.05 Å². The van der Waals surface area contributed by atoms with Crippen LogP contribution in [0.1, 0.15) is 21.6 Å². The van der Waals surface area contributed by atoms with E-state index in [1.54, 1.807) is 17.9 Å². The van der Waals surface area contributed by atoms with E-state index in [1.165, 1.54) is 6.20 Å². The number of hydrogen-bond acceptors (Lipinski definition) is 2. The normalized spacial score (nSPS) is 10.4. The second kappa shape index (κ2) is 4.82. The predicted octanol–water partition coefficient (Wildman–Crippen LogP) is 2.94. The Hall–Kier alpha value is -1.81. The van der Waals surface area contributed by atoms with Crippen LogP contribution >= 0.6 is 11.6 Å². The molecular formula is C13H14ClN3O. The van der Waals surface area contributed by atoms with Gasteiger partial charge in [0.05, 0.1) is 23.2 Å². The Balaban J connectivity index is 2.31. The molecule has 18 heavy (non-hydrogen) atoms. The molecule has 2 aromatic rings. The molecule has 5 heteroatoms. The summed E-state index contributed by atoms with van der Waals surface area (Å²) in [5, 5.41) is 3.36. The van der Waals surface area contributed by atoms with Crippen LogP contribution in [0.25, 0.3) is 0 Å². The van der Waals surface area contributed by atoms with Gasteiger partial charge < -0.3 is 9.88 Å². The second-order valence-corrected chi connectivity index (χ2v) is 4.69. The summed E-state index contributed by atoms with van der Waals surface area (Å²) < 4.78 is 1.66. The number of nitrogens with zero attached hydrogens (tertiary/aromatic N) is 2. The van der Waals surface area contributed by atoms with Crippen LogP contribution < -0.4 is 5.32 Å². The van der Waals surface area contributed by atoms with Crippen molar-refractivity contribution in [2.45, 2.75) is 13.8 Å². The summed E-state index contributed by atoms with van der Waals surface area (Å²) in [7, 11) is 1.77. The first-order valence-electron chi connectivity index (χ1n) is 5.53. The highest BCUT2D eigenvalue weighted by Crippen LogP contribution is 2.27. The van der Waals surface area contributed by atoms with Crippen LogP contribution in [0.15, 0.2) is 24.7 Å². The lowest BCUT2D eigenvalue weighted by Gasteiger charge is -2.11. The van der Waals surface area contributed by atoms with E-state index in [0.29, 0.717) is 16.4 Å². The van der Waals surface area contributed by atoms with Crippen molar-refractivity contribution in [2.75, 3.05) is 5.32 Å². The average Bonchev–Trinajstić information content (AvgIpc) is 2.69. The SMILES string of the molecule is Cc1cc(C)c(NC(=O)c2cncn2C)c(Cl)c1. The zero-order chi connectivity index (χ0) is 13.3. The summed E-state index contributed by atoms with van der Waals surface area (Å²) in [6.07, 6.45) is 3.10. The van der Waals surface area contributed by atoms with Crippen LogP contribution in [0, 0.1) is 13.8 Å². The zero-order valence-electron chi connectivity index (χ0n) is 10.5.